The predicted molar refractivity (Wildman–Crippen MR) is 441 cm³/mol. The summed E-state index contributed by atoms with van der Waals surface area (Å²) in [5, 5.41) is 0. The molecule has 0 aromatic heterocycles. The van der Waals surface area contributed by atoms with Gasteiger partial charge in [-0.1, -0.05) is 46.2 Å². The molecule has 111 heavy (non-hydrogen) atoms. The Balaban J connectivity index is -0.000000181. The minimum Gasteiger partial charge on any atom is -0.462 e. The maximum absolute atomic E-state index is 11.1. The van der Waals surface area contributed by atoms with Gasteiger partial charge in [0.2, 0.25) is 0 Å². The van der Waals surface area contributed by atoms with E-state index in [0.29, 0.717) is 103 Å². The summed E-state index contributed by atoms with van der Waals surface area (Å²) in [6.45, 7) is 34.9. The summed E-state index contributed by atoms with van der Waals surface area (Å²) >= 11 is 4.10. The molecule has 1 aliphatic rings. The van der Waals surface area contributed by atoms with Crippen LogP contribution in [-0.2, 0) is 168 Å². The summed E-state index contributed by atoms with van der Waals surface area (Å²) in [5.41, 5.74) is 6.51. The first-order valence-corrected chi connectivity index (χ1v) is 52.8. The van der Waals surface area contributed by atoms with Crippen LogP contribution in [0.4, 0.5) is 0 Å². The molecule has 0 amide bonds. The first kappa shape index (κ1) is 126. The fourth-order valence-corrected chi connectivity index (χ4v) is 19.7. The zero-order chi connectivity index (χ0) is 87.1. The number of hydrogen-bond donors (Lipinski definition) is 1. The highest BCUT2D eigenvalue weighted by Crippen LogP contribution is 2.20. The summed E-state index contributed by atoms with van der Waals surface area (Å²) in [7, 11) is 15.6. The van der Waals surface area contributed by atoms with Crippen LogP contribution in [-0.4, -0.2) is 354 Å². The molecule has 0 spiro atoms. The number of methoxy groups -OCH3 is 3. The molecule has 0 aliphatic carbocycles. The molecular formula is C64H150O37SSi9. The van der Waals surface area contributed by atoms with Crippen molar-refractivity contribution < 1.29 is 168 Å². The molecule has 1 rings (SSSR count). The zero-order valence-corrected chi connectivity index (χ0v) is 82.9. The van der Waals surface area contributed by atoms with E-state index >= 15 is 0 Å². The molecule has 670 valence electrons. The molecule has 47 heteroatoms. The van der Waals surface area contributed by atoms with Gasteiger partial charge in [0.05, 0.1) is 79.3 Å². The van der Waals surface area contributed by atoms with E-state index in [1.165, 1.54) is 5.70 Å². The molecule has 1 unspecified atom stereocenters. The van der Waals surface area contributed by atoms with E-state index in [1.54, 1.807) is 215 Å². The van der Waals surface area contributed by atoms with Gasteiger partial charge in [-0.3, -0.25) is 0 Å². The molecule has 1 fully saturated rings. The molecule has 1 heterocycles. The number of ether oxygens (including phenoxy) is 6. The molecule has 0 radical (unpaired) electrons. The van der Waals surface area contributed by atoms with Gasteiger partial charge in [-0.15, -0.1) is 0 Å². The summed E-state index contributed by atoms with van der Waals surface area (Å²) in [6, 6.07) is 3.11. The van der Waals surface area contributed by atoms with Crippen molar-refractivity contribution in [3.05, 3.63) is 61.3 Å². The molecule has 1 aliphatic heterocycles. The van der Waals surface area contributed by atoms with E-state index in [2.05, 4.69) is 52.4 Å². The Labute approximate surface area is 682 Å². The smallest absolute Gasteiger partial charge is 0.462 e. The molecule has 0 saturated carbocycles. The second-order valence-corrected chi connectivity index (χ2v) is 46.9. The van der Waals surface area contributed by atoms with Crippen LogP contribution in [0.2, 0.25) is 30.7 Å². The molecule has 37 nitrogen and oxygen atoms in total. The first-order valence-electron chi connectivity index (χ1n) is 35.0. The van der Waals surface area contributed by atoms with Crippen LogP contribution in [0.1, 0.15) is 60.3 Å². The van der Waals surface area contributed by atoms with Crippen LogP contribution in [0.15, 0.2) is 61.3 Å². The van der Waals surface area contributed by atoms with Crippen LogP contribution in [0.3, 0.4) is 0 Å². The maximum Gasteiger partial charge on any atom is 0.612 e. The van der Waals surface area contributed by atoms with E-state index in [9.17, 15) is 4.79 Å². The van der Waals surface area contributed by atoms with Crippen molar-refractivity contribution in [3.63, 3.8) is 0 Å². The van der Waals surface area contributed by atoms with Crippen molar-refractivity contribution in [1.29, 1.82) is 0 Å². The van der Waals surface area contributed by atoms with Crippen LogP contribution >= 0.6 is 12.6 Å². The van der Waals surface area contributed by atoms with E-state index < -0.39 is 79.2 Å². The molecular weight excluding hydrogens is 1650 g/mol. The molecule has 0 aromatic carbocycles. The fraction of sp³-hybridized carbons (Fsp3) is 0.828. The average Bonchev–Trinajstić information content (AvgIpc) is 1.74. The quantitative estimate of drug-likeness (QED) is 0.00872. The van der Waals surface area contributed by atoms with Gasteiger partial charge in [0.25, 0.3) is 0 Å². The summed E-state index contributed by atoms with van der Waals surface area (Å²) in [5.74, 6) is 0.463. The molecule has 0 N–H and O–H groups in total. The maximum atomic E-state index is 11.1. The Morgan fingerprint density at radius 1 is 0.387 bits per heavy atom. The largest absolute Gasteiger partial charge is 0.612 e. The van der Waals surface area contributed by atoms with E-state index in [-0.39, 0.29) is 5.97 Å². The van der Waals surface area contributed by atoms with Crippen molar-refractivity contribution in [1.82, 2.24) is 0 Å². The lowest BCUT2D eigenvalue weighted by molar-refractivity contribution is -0.355. The predicted octanol–water partition coefficient (Wildman–Crippen LogP) is 8.37. The number of carbonyl (C=O) groups is 1. The Hall–Kier alpha value is -0.928. The summed E-state index contributed by atoms with van der Waals surface area (Å²) < 4.78 is 169. The Morgan fingerprint density at radius 2 is 0.667 bits per heavy atom. The van der Waals surface area contributed by atoms with Gasteiger partial charge in [0, 0.05) is 214 Å². The molecule has 1 saturated heterocycles. The van der Waals surface area contributed by atoms with Crippen molar-refractivity contribution in [2.24, 2.45) is 0 Å². The number of thiol groups is 1. The van der Waals surface area contributed by atoms with E-state index in [0.717, 1.165) is 49.8 Å². The fourth-order valence-electron chi connectivity index (χ4n) is 7.09. The number of epoxide rings is 1. The molecule has 0 bridgehead atoms. The van der Waals surface area contributed by atoms with Crippen molar-refractivity contribution >= 4 is 97.8 Å². The first-order chi connectivity index (χ1) is 52.9. The summed E-state index contributed by atoms with van der Waals surface area (Å²) in [6.07, 6.45) is 3.85. The van der Waals surface area contributed by atoms with Gasteiger partial charge in [-0.25, -0.2) is 33.2 Å². The van der Waals surface area contributed by atoms with Crippen LogP contribution in [0.25, 0.3) is 0 Å². The SMILES string of the molecule is C=C(C)C(=O)OCCC[Si](OC)(OC)OC.C=C[Si](OC)(OC)OC.C=C[Si](OC)(OC)OC.C=C[Si](OCCOC)(OCCOC)OCCOC.C=C[Si](OOCC)(OOCC)OOCC.CCC[Si](OC)(OC)OC.CO[Si](C)(OC)OC.CO[Si](CCCOCC1CO1)(OC)OC.CO[Si](CCCS)(OC)OC. The van der Waals surface area contributed by atoms with Gasteiger partial charge in [-0.05, 0) is 75.5 Å². The lowest BCUT2D eigenvalue weighted by atomic mass is 10.4. The van der Waals surface area contributed by atoms with Crippen molar-refractivity contribution in [2.45, 2.75) is 97.1 Å². The normalized spacial score (nSPS) is 12.9. The molecule has 0 aromatic rings. The Kier molecular flexibility index (Phi) is 93.7. The second-order valence-electron chi connectivity index (χ2n) is 20.8. The van der Waals surface area contributed by atoms with Crippen LogP contribution in [0, 0.1) is 0 Å². The highest BCUT2D eigenvalue weighted by Gasteiger charge is 2.45. The Bertz CT molecular complexity index is 1930. The number of rotatable bonds is 62. The van der Waals surface area contributed by atoms with Crippen molar-refractivity contribution in [2.75, 3.05) is 262 Å². The number of esters is 1. The third-order valence-corrected chi connectivity index (χ3v) is 36.4. The number of carbonyl (C=O) groups excluding carboxylic acids is 1. The lowest BCUT2D eigenvalue weighted by Gasteiger charge is -2.26. The zero-order valence-electron chi connectivity index (χ0n) is 73.0. The Morgan fingerprint density at radius 3 is 0.856 bits per heavy atom. The summed E-state index contributed by atoms with van der Waals surface area (Å²) in [4.78, 5) is 25.4. The average molecular weight is 1800 g/mol. The third kappa shape index (κ3) is 63.7. The topological polar surface area (TPSA) is 353 Å². The highest BCUT2D eigenvalue weighted by atomic mass is 32.1. The van der Waals surface area contributed by atoms with E-state index in [1.807, 2.05) is 6.55 Å². The monoisotopic (exact) mass is 1790 g/mol. The third-order valence-electron chi connectivity index (χ3n) is 14.1. The van der Waals surface area contributed by atoms with Gasteiger partial charge in [0.1, 0.15) is 6.10 Å². The lowest BCUT2D eigenvalue weighted by Crippen LogP contribution is -2.46. The molecule has 1 atom stereocenters. The van der Waals surface area contributed by atoms with Gasteiger partial charge >= 0.3 is 85.2 Å². The van der Waals surface area contributed by atoms with Crippen LogP contribution in [0.5, 0.6) is 0 Å². The second kappa shape index (κ2) is 82.8. The standard InChI is InChI=1S/C11H24O6Si.C10H20O5Si.C9H20O5Si.C8H18O6Si.C6H16O3SSi.C6H16O3Si.2C5H12O3Si.C4H12O3Si/c1-5-18(15-9-6-12-2,16-10-7-13-3)17-11-8-14-4;1-9(2)10(11)15-7-6-8-16(12-3,13-4)14-5;1-10-15(11-2,12-3)6-4-5-13-7-9-8-14-9;1-5-9-12-15(8-4,13-10-6-2)14-11-7-3;1-7-11(8-2,9-3)6-4-5-10;1-5-6-10(7-2,8-3)9-4;2*1-5-9(6-2,7-3)8-4;1-5-8(4,6-2)7-3/h5H,1,6-11H2,2-4H3;1,6-8H2,2-5H3;9H,4-8H2,1-3H3;8H,4-7H2,1-3H3;10H,4-6H2,1-3H3;5-6H2,1-4H3;2*5H,1H2,2-4H3;1-4H3. The van der Waals surface area contributed by atoms with E-state index in [4.69, 9.17) is 163 Å². The number of hydrogen-bond acceptors (Lipinski definition) is 38. The van der Waals surface area contributed by atoms with Gasteiger partial charge < -0.3 is 135 Å². The highest BCUT2D eigenvalue weighted by molar-refractivity contribution is 7.80. The van der Waals surface area contributed by atoms with Gasteiger partial charge in [-0.2, -0.15) is 12.6 Å². The van der Waals surface area contributed by atoms with Crippen LogP contribution < -0.4 is 0 Å². The minimum absolute atomic E-state index is 0.316. The van der Waals surface area contributed by atoms with Gasteiger partial charge in [0.15, 0.2) is 0 Å². The van der Waals surface area contributed by atoms with Crippen molar-refractivity contribution in [3.8, 4) is 0 Å². The minimum atomic E-state index is -3.24.